The van der Waals surface area contributed by atoms with Crippen molar-refractivity contribution in [3.05, 3.63) is 80.6 Å². The quantitative estimate of drug-likeness (QED) is 0.586. The number of thiazole rings is 1. The Balaban J connectivity index is 1.56. The van der Waals surface area contributed by atoms with Gasteiger partial charge in [-0.25, -0.2) is 14.2 Å². The van der Waals surface area contributed by atoms with Crippen molar-refractivity contribution in [3.63, 3.8) is 0 Å². The van der Waals surface area contributed by atoms with Crippen molar-refractivity contribution in [1.82, 2.24) is 4.98 Å². The molecule has 0 radical (unpaired) electrons. The standard InChI is InChI=1S/C21H18FNO4S/c1-12-19(28-13(2)23-12)20(24)25-10-15-8-17(22)9-16-11-26-21(27-18(15)16)14-6-4-3-5-7-14/h3-9,21H,10-11H2,1-2H3. The van der Waals surface area contributed by atoms with Crippen LogP contribution in [0.25, 0.3) is 0 Å². The number of fused-ring (bicyclic) bond motifs is 1. The SMILES string of the molecule is Cc1nc(C)c(C(=O)OCc2cc(F)cc3c2OC(c2ccccc2)OC3)s1. The van der Waals surface area contributed by atoms with Crippen LogP contribution < -0.4 is 4.74 Å². The van der Waals surface area contributed by atoms with Crippen LogP contribution in [0.1, 0.15) is 43.4 Å². The first kappa shape index (κ1) is 18.6. The van der Waals surface area contributed by atoms with E-state index in [1.165, 1.54) is 23.5 Å². The number of hydrogen-bond acceptors (Lipinski definition) is 6. The van der Waals surface area contributed by atoms with Crippen molar-refractivity contribution in [3.8, 4) is 5.75 Å². The molecule has 2 aromatic carbocycles. The van der Waals surface area contributed by atoms with Crippen LogP contribution in [0.15, 0.2) is 42.5 Å². The van der Waals surface area contributed by atoms with E-state index in [0.29, 0.717) is 27.4 Å². The minimum Gasteiger partial charge on any atom is -0.460 e. The van der Waals surface area contributed by atoms with Gasteiger partial charge in [0.1, 0.15) is 23.1 Å². The Morgan fingerprint density at radius 1 is 1.29 bits per heavy atom. The first-order chi connectivity index (χ1) is 13.5. The zero-order valence-corrected chi connectivity index (χ0v) is 16.2. The number of nitrogens with zero attached hydrogens (tertiary/aromatic N) is 1. The van der Waals surface area contributed by atoms with Gasteiger partial charge in [0.25, 0.3) is 0 Å². The van der Waals surface area contributed by atoms with Crippen molar-refractivity contribution < 1.29 is 23.4 Å². The summed E-state index contributed by atoms with van der Waals surface area (Å²) in [5, 5.41) is 0.791. The number of rotatable bonds is 4. The lowest BCUT2D eigenvalue weighted by Gasteiger charge is -2.28. The Morgan fingerprint density at radius 2 is 2.07 bits per heavy atom. The van der Waals surface area contributed by atoms with Gasteiger partial charge in [0.05, 0.1) is 17.3 Å². The minimum atomic E-state index is -0.597. The molecule has 0 aliphatic carbocycles. The summed E-state index contributed by atoms with van der Waals surface area (Å²) < 4.78 is 31.1. The van der Waals surface area contributed by atoms with Crippen LogP contribution >= 0.6 is 11.3 Å². The number of esters is 1. The number of aryl methyl sites for hydroxylation is 2. The molecule has 1 aromatic heterocycles. The Bertz CT molecular complexity index is 1020. The fraction of sp³-hybridized carbons (Fsp3) is 0.238. The molecule has 2 heterocycles. The molecule has 1 unspecified atom stereocenters. The van der Waals surface area contributed by atoms with E-state index >= 15 is 0 Å². The van der Waals surface area contributed by atoms with Crippen LogP contribution in [0, 0.1) is 19.7 Å². The normalized spacial score (nSPS) is 15.6. The number of aromatic nitrogens is 1. The maximum absolute atomic E-state index is 14.0. The first-order valence-corrected chi connectivity index (χ1v) is 9.58. The second kappa shape index (κ2) is 7.69. The third kappa shape index (κ3) is 3.76. The lowest BCUT2D eigenvalue weighted by molar-refractivity contribution is -0.112. The average Bonchev–Trinajstić information content (AvgIpc) is 3.04. The highest BCUT2D eigenvalue weighted by Gasteiger charge is 2.26. The van der Waals surface area contributed by atoms with Crippen LogP contribution in [-0.2, 0) is 22.7 Å². The predicted molar refractivity (Wildman–Crippen MR) is 102 cm³/mol. The van der Waals surface area contributed by atoms with Crippen LogP contribution in [0.4, 0.5) is 4.39 Å². The van der Waals surface area contributed by atoms with E-state index < -0.39 is 18.1 Å². The number of carbonyl (C=O) groups is 1. The van der Waals surface area contributed by atoms with E-state index in [1.807, 2.05) is 37.3 Å². The summed E-state index contributed by atoms with van der Waals surface area (Å²) in [6.45, 7) is 3.70. The van der Waals surface area contributed by atoms with Gasteiger partial charge in [-0.3, -0.25) is 0 Å². The maximum atomic E-state index is 14.0. The van der Waals surface area contributed by atoms with E-state index in [2.05, 4.69) is 4.98 Å². The van der Waals surface area contributed by atoms with E-state index in [4.69, 9.17) is 14.2 Å². The summed E-state index contributed by atoms with van der Waals surface area (Å²) in [5.41, 5.74) is 2.54. The van der Waals surface area contributed by atoms with Gasteiger partial charge in [-0.15, -0.1) is 11.3 Å². The van der Waals surface area contributed by atoms with Crippen molar-refractivity contribution in [2.45, 2.75) is 33.4 Å². The molecule has 5 nitrogen and oxygen atoms in total. The number of carbonyl (C=O) groups excluding carboxylic acids is 1. The zero-order chi connectivity index (χ0) is 19.7. The molecule has 144 valence electrons. The number of ether oxygens (including phenoxy) is 3. The lowest BCUT2D eigenvalue weighted by atomic mass is 10.1. The highest BCUT2D eigenvalue weighted by atomic mass is 32.1. The Hall–Kier alpha value is -2.77. The van der Waals surface area contributed by atoms with Gasteiger partial charge >= 0.3 is 5.97 Å². The van der Waals surface area contributed by atoms with Gasteiger partial charge in [-0.1, -0.05) is 30.3 Å². The summed E-state index contributed by atoms with van der Waals surface area (Å²) in [4.78, 5) is 17.1. The Kier molecular flexibility index (Phi) is 5.11. The van der Waals surface area contributed by atoms with Crippen LogP contribution in [0.3, 0.4) is 0 Å². The smallest absolute Gasteiger partial charge is 0.350 e. The van der Waals surface area contributed by atoms with Gasteiger partial charge in [-0.2, -0.15) is 0 Å². The molecule has 0 saturated carbocycles. The largest absolute Gasteiger partial charge is 0.460 e. The molecule has 1 aliphatic heterocycles. The van der Waals surface area contributed by atoms with Gasteiger partial charge in [0.2, 0.25) is 6.29 Å². The molecule has 28 heavy (non-hydrogen) atoms. The molecule has 0 bridgehead atoms. The first-order valence-electron chi connectivity index (χ1n) is 8.77. The van der Waals surface area contributed by atoms with Gasteiger partial charge in [-0.05, 0) is 26.0 Å². The van der Waals surface area contributed by atoms with E-state index in [-0.39, 0.29) is 13.2 Å². The predicted octanol–water partition coefficient (Wildman–Crippen LogP) is 4.86. The molecular formula is C21H18FNO4S. The molecule has 0 amide bonds. The monoisotopic (exact) mass is 399 g/mol. The molecule has 7 heteroatoms. The number of benzene rings is 2. The molecular weight excluding hydrogens is 381 g/mol. The van der Waals surface area contributed by atoms with Gasteiger partial charge < -0.3 is 14.2 Å². The average molecular weight is 399 g/mol. The van der Waals surface area contributed by atoms with Gasteiger partial charge in [0, 0.05) is 16.7 Å². The third-order valence-corrected chi connectivity index (χ3v) is 5.39. The van der Waals surface area contributed by atoms with Crippen LogP contribution in [-0.4, -0.2) is 11.0 Å². The Labute approximate surface area is 165 Å². The van der Waals surface area contributed by atoms with Crippen molar-refractivity contribution in [2.75, 3.05) is 0 Å². The summed E-state index contributed by atoms with van der Waals surface area (Å²) in [5.74, 6) is -0.417. The van der Waals surface area contributed by atoms with Crippen LogP contribution in [0.5, 0.6) is 5.75 Å². The van der Waals surface area contributed by atoms with E-state index in [1.54, 1.807) is 6.92 Å². The molecule has 4 rings (SSSR count). The van der Waals surface area contributed by atoms with Crippen molar-refractivity contribution in [2.24, 2.45) is 0 Å². The highest BCUT2D eigenvalue weighted by Crippen LogP contribution is 2.37. The highest BCUT2D eigenvalue weighted by molar-refractivity contribution is 7.13. The molecule has 0 N–H and O–H groups in total. The van der Waals surface area contributed by atoms with E-state index in [9.17, 15) is 9.18 Å². The number of hydrogen-bond donors (Lipinski definition) is 0. The molecule has 1 aliphatic rings. The summed E-state index contributed by atoms with van der Waals surface area (Å²) in [6.07, 6.45) is -0.597. The molecule has 1 atom stereocenters. The topological polar surface area (TPSA) is 57.7 Å². The fourth-order valence-corrected chi connectivity index (χ4v) is 3.90. The minimum absolute atomic E-state index is 0.100. The third-order valence-electron chi connectivity index (χ3n) is 4.34. The lowest BCUT2D eigenvalue weighted by Crippen LogP contribution is -2.20. The van der Waals surface area contributed by atoms with E-state index in [0.717, 1.165) is 10.6 Å². The maximum Gasteiger partial charge on any atom is 0.350 e. The fourth-order valence-electron chi connectivity index (χ4n) is 3.09. The second-order valence-electron chi connectivity index (χ2n) is 6.45. The molecule has 0 fully saturated rings. The molecule has 0 saturated heterocycles. The zero-order valence-electron chi connectivity index (χ0n) is 15.4. The molecule has 3 aromatic rings. The van der Waals surface area contributed by atoms with Crippen molar-refractivity contribution in [1.29, 1.82) is 0 Å². The summed E-state index contributed by atoms with van der Waals surface area (Å²) in [7, 11) is 0. The van der Waals surface area contributed by atoms with Crippen LogP contribution in [0.2, 0.25) is 0 Å². The summed E-state index contributed by atoms with van der Waals surface area (Å²) in [6, 6.07) is 12.2. The van der Waals surface area contributed by atoms with Crippen molar-refractivity contribution >= 4 is 17.3 Å². The number of halogens is 1. The summed E-state index contributed by atoms with van der Waals surface area (Å²) >= 11 is 1.28. The second-order valence-corrected chi connectivity index (χ2v) is 7.65. The molecule has 0 spiro atoms. The van der Waals surface area contributed by atoms with Gasteiger partial charge in [0.15, 0.2) is 0 Å². The Morgan fingerprint density at radius 3 is 2.79 bits per heavy atom.